The average Bonchev–Trinajstić information content (AvgIpc) is 3.17. The molecule has 2 aliphatic carbocycles. The lowest BCUT2D eigenvalue weighted by Gasteiger charge is -2.49. The minimum Gasteiger partial charge on any atom is -0.375 e. The van der Waals surface area contributed by atoms with Crippen LogP contribution >= 0.6 is 0 Å². The van der Waals surface area contributed by atoms with Crippen molar-refractivity contribution in [3.05, 3.63) is 0 Å². The summed E-state index contributed by atoms with van der Waals surface area (Å²) < 4.78 is 6.05. The van der Waals surface area contributed by atoms with E-state index in [-0.39, 0.29) is 0 Å². The fourth-order valence-electron chi connectivity index (χ4n) is 3.72. The van der Waals surface area contributed by atoms with Crippen LogP contribution in [0.5, 0.6) is 0 Å². The van der Waals surface area contributed by atoms with E-state index in [1.807, 2.05) is 0 Å². The van der Waals surface area contributed by atoms with Gasteiger partial charge in [0.2, 0.25) is 0 Å². The Morgan fingerprint density at radius 1 is 1.22 bits per heavy atom. The second-order valence-corrected chi connectivity index (χ2v) is 7.16. The maximum Gasteiger partial charge on any atom is 0.0685 e. The highest BCUT2D eigenvalue weighted by Gasteiger charge is 2.44. The highest BCUT2D eigenvalue weighted by Crippen LogP contribution is 2.46. The Bertz CT molecular complexity index is 283. The van der Waals surface area contributed by atoms with Crippen molar-refractivity contribution >= 4 is 0 Å². The van der Waals surface area contributed by atoms with Crippen molar-refractivity contribution in [2.45, 2.75) is 70.4 Å². The van der Waals surface area contributed by atoms with Crippen molar-refractivity contribution in [2.24, 2.45) is 17.8 Å². The van der Waals surface area contributed by atoms with Gasteiger partial charge in [0.1, 0.15) is 0 Å². The Balaban J connectivity index is 1.48. The van der Waals surface area contributed by atoms with Gasteiger partial charge < -0.3 is 10.1 Å². The average molecular weight is 251 g/mol. The minimum absolute atomic E-state index is 0.320. The molecule has 1 N–H and O–H groups in total. The van der Waals surface area contributed by atoms with E-state index in [9.17, 15) is 0 Å². The first-order chi connectivity index (χ1) is 8.69. The van der Waals surface area contributed by atoms with E-state index >= 15 is 0 Å². The normalized spacial score (nSPS) is 34.0. The molecule has 3 atom stereocenters. The summed E-state index contributed by atoms with van der Waals surface area (Å²) in [6, 6.07) is 0.854. The quantitative estimate of drug-likeness (QED) is 0.809. The molecule has 3 unspecified atom stereocenters. The molecule has 3 fully saturated rings. The van der Waals surface area contributed by atoms with Gasteiger partial charge in [-0.25, -0.2) is 0 Å². The lowest BCUT2D eigenvalue weighted by atomic mass is 9.67. The second kappa shape index (κ2) is 5.13. The second-order valence-electron chi connectivity index (χ2n) is 7.16. The SMILES string of the molecule is CC(CNC1CC1)C(C)C1CCOC2(CCC2)C1. The molecule has 2 saturated carbocycles. The highest BCUT2D eigenvalue weighted by atomic mass is 16.5. The molecule has 0 radical (unpaired) electrons. The summed E-state index contributed by atoms with van der Waals surface area (Å²) in [5, 5.41) is 3.69. The third-order valence-corrected chi connectivity index (χ3v) is 5.74. The van der Waals surface area contributed by atoms with Crippen LogP contribution in [-0.2, 0) is 4.74 Å². The number of hydrogen-bond acceptors (Lipinski definition) is 2. The van der Waals surface area contributed by atoms with Gasteiger partial charge in [-0.05, 0) is 69.2 Å². The van der Waals surface area contributed by atoms with Crippen LogP contribution in [0.4, 0.5) is 0 Å². The minimum atomic E-state index is 0.320. The van der Waals surface area contributed by atoms with E-state index in [0.717, 1.165) is 30.4 Å². The van der Waals surface area contributed by atoms with E-state index in [2.05, 4.69) is 19.2 Å². The molecule has 18 heavy (non-hydrogen) atoms. The van der Waals surface area contributed by atoms with E-state index < -0.39 is 0 Å². The standard InChI is InChI=1S/C16H29NO/c1-12(11-17-15-4-5-15)13(2)14-6-9-18-16(10-14)7-3-8-16/h12-15,17H,3-11H2,1-2H3. The van der Waals surface area contributed by atoms with Crippen molar-refractivity contribution in [3.8, 4) is 0 Å². The van der Waals surface area contributed by atoms with Gasteiger partial charge >= 0.3 is 0 Å². The summed E-state index contributed by atoms with van der Waals surface area (Å²) in [7, 11) is 0. The first-order valence-corrected chi connectivity index (χ1v) is 8.06. The smallest absolute Gasteiger partial charge is 0.0685 e. The molecule has 2 heteroatoms. The summed E-state index contributed by atoms with van der Waals surface area (Å²) in [6.45, 7) is 7.14. The van der Waals surface area contributed by atoms with Crippen LogP contribution in [0.2, 0.25) is 0 Å². The van der Waals surface area contributed by atoms with Gasteiger partial charge in [0.05, 0.1) is 5.60 Å². The van der Waals surface area contributed by atoms with Gasteiger partial charge in [0.25, 0.3) is 0 Å². The van der Waals surface area contributed by atoms with Crippen molar-refractivity contribution in [2.75, 3.05) is 13.2 Å². The molecule has 1 aliphatic heterocycles. The van der Waals surface area contributed by atoms with E-state index in [0.29, 0.717) is 5.60 Å². The summed E-state index contributed by atoms with van der Waals surface area (Å²) in [5.74, 6) is 2.55. The summed E-state index contributed by atoms with van der Waals surface area (Å²) >= 11 is 0. The van der Waals surface area contributed by atoms with Gasteiger partial charge in [-0.1, -0.05) is 13.8 Å². The summed E-state index contributed by atoms with van der Waals surface area (Å²) in [6.07, 6.45) is 9.47. The van der Waals surface area contributed by atoms with Crippen LogP contribution in [0.1, 0.15) is 58.8 Å². The molecule has 0 aromatic heterocycles. The molecule has 3 aliphatic rings. The van der Waals surface area contributed by atoms with Crippen LogP contribution in [0, 0.1) is 17.8 Å². The lowest BCUT2D eigenvalue weighted by Crippen LogP contribution is -2.47. The predicted molar refractivity (Wildman–Crippen MR) is 74.6 cm³/mol. The molecule has 1 heterocycles. The molecule has 0 aromatic rings. The molecule has 3 rings (SSSR count). The predicted octanol–water partition coefficient (Wildman–Crippen LogP) is 3.36. The molecule has 0 aromatic carbocycles. The Morgan fingerprint density at radius 2 is 2.00 bits per heavy atom. The maximum atomic E-state index is 6.05. The van der Waals surface area contributed by atoms with Crippen LogP contribution < -0.4 is 5.32 Å². The summed E-state index contributed by atoms with van der Waals surface area (Å²) in [4.78, 5) is 0. The molecular weight excluding hydrogens is 222 g/mol. The number of rotatable bonds is 5. The zero-order valence-corrected chi connectivity index (χ0v) is 12.1. The van der Waals surface area contributed by atoms with E-state index in [1.165, 1.54) is 51.5 Å². The first kappa shape index (κ1) is 12.9. The van der Waals surface area contributed by atoms with Crippen molar-refractivity contribution in [1.82, 2.24) is 5.32 Å². The zero-order chi connectivity index (χ0) is 12.6. The molecule has 104 valence electrons. The zero-order valence-electron chi connectivity index (χ0n) is 12.1. The van der Waals surface area contributed by atoms with Gasteiger partial charge in [-0.3, -0.25) is 0 Å². The van der Waals surface area contributed by atoms with Gasteiger partial charge in [0.15, 0.2) is 0 Å². The third-order valence-electron chi connectivity index (χ3n) is 5.74. The van der Waals surface area contributed by atoms with Gasteiger partial charge in [-0.15, -0.1) is 0 Å². The van der Waals surface area contributed by atoms with E-state index in [1.54, 1.807) is 0 Å². The van der Waals surface area contributed by atoms with Crippen molar-refractivity contribution in [3.63, 3.8) is 0 Å². The first-order valence-electron chi connectivity index (χ1n) is 8.06. The summed E-state index contributed by atoms with van der Waals surface area (Å²) in [5.41, 5.74) is 0.320. The Kier molecular flexibility index (Phi) is 3.68. The van der Waals surface area contributed by atoms with Crippen LogP contribution in [0.3, 0.4) is 0 Å². The number of nitrogens with one attached hydrogen (secondary N) is 1. The van der Waals surface area contributed by atoms with Crippen LogP contribution in [0.25, 0.3) is 0 Å². The number of hydrogen-bond donors (Lipinski definition) is 1. The monoisotopic (exact) mass is 251 g/mol. The topological polar surface area (TPSA) is 21.3 Å². The maximum absolute atomic E-state index is 6.05. The highest BCUT2D eigenvalue weighted by molar-refractivity contribution is 4.95. The largest absolute Gasteiger partial charge is 0.375 e. The molecule has 1 saturated heterocycles. The third kappa shape index (κ3) is 2.75. The lowest BCUT2D eigenvalue weighted by molar-refractivity contribution is -0.151. The molecular formula is C16H29NO. The Morgan fingerprint density at radius 3 is 2.61 bits per heavy atom. The van der Waals surface area contributed by atoms with Crippen LogP contribution in [0.15, 0.2) is 0 Å². The van der Waals surface area contributed by atoms with Crippen LogP contribution in [-0.4, -0.2) is 24.8 Å². The molecule has 2 nitrogen and oxygen atoms in total. The van der Waals surface area contributed by atoms with Crippen molar-refractivity contribution < 1.29 is 4.74 Å². The Hall–Kier alpha value is -0.0800. The van der Waals surface area contributed by atoms with Gasteiger partial charge in [0, 0.05) is 12.6 Å². The van der Waals surface area contributed by atoms with Gasteiger partial charge in [-0.2, -0.15) is 0 Å². The van der Waals surface area contributed by atoms with Crippen molar-refractivity contribution in [1.29, 1.82) is 0 Å². The Labute approximate surface area is 112 Å². The molecule has 0 bridgehead atoms. The fourth-order valence-corrected chi connectivity index (χ4v) is 3.72. The molecule has 0 amide bonds. The van der Waals surface area contributed by atoms with E-state index in [4.69, 9.17) is 4.74 Å². The molecule has 1 spiro atoms. The number of ether oxygens (including phenoxy) is 1. The fraction of sp³-hybridized carbons (Fsp3) is 1.00.